The molecular formula is C12H12BrClN2O3. The van der Waals surface area contributed by atoms with Gasteiger partial charge < -0.3 is 15.3 Å². The monoisotopic (exact) mass is 346 g/mol. The number of nitrogens with zero attached hydrogens (tertiary/aromatic N) is 1. The Morgan fingerprint density at radius 3 is 2.68 bits per heavy atom. The number of anilines is 1. The van der Waals surface area contributed by atoms with Gasteiger partial charge in [0.2, 0.25) is 0 Å². The van der Waals surface area contributed by atoms with Crippen molar-refractivity contribution >= 4 is 45.2 Å². The predicted molar refractivity (Wildman–Crippen MR) is 75.5 cm³/mol. The number of carbonyl (C=O) groups excluding carboxylic acids is 1. The average molecular weight is 348 g/mol. The minimum absolute atomic E-state index is 0.0296. The van der Waals surface area contributed by atoms with Crippen LogP contribution in [0.25, 0.3) is 0 Å². The number of carbonyl (C=O) groups is 2. The maximum Gasteiger partial charge on any atom is 0.323 e. The molecule has 2 amide bonds. The highest BCUT2D eigenvalue weighted by Gasteiger charge is 2.33. The fraction of sp³-hybridized carbons (Fsp3) is 0.333. The zero-order valence-electron chi connectivity index (χ0n) is 9.90. The quantitative estimate of drug-likeness (QED) is 0.879. The van der Waals surface area contributed by atoms with Crippen LogP contribution in [0.15, 0.2) is 22.7 Å². The molecule has 7 heteroatoms. The zero-order valence-corrected chi connectivity index (χ0v) is 12.2. The number of urea groups is 1. The number of halogens is 2. The first-order valence-corrected chi connectivity index (χ1v) is 6.89. The Balaban J connectivity index is 2.05. The molecule has 0 spiro atoms. The highest BCUT2D eigenvalue weighted by molar-refractivity contribution is 9.10. The van der Waals surface area contributed by atoms with Gasteiger partial charge in [-0.2, -0.15) is 0 Å². The topological polar surface area (TPSA) is 69.6 Å². The van der Waals surface area contributed by atoms with Crippen LogP contribution in [0.2, 0.25) is 5.02 Å². The lowest BCUT2D eigenvalue weighted by molar-refractivity contribution is -0.137. The van der Waals surface area contributed by atoms with Crippen LogP contribution in [-0.2, 0) is 4.79 Å². The van der Waals surface area contributed by atoms with E-state index in [1.807, 2.05) is 0 Å². The molecule has 2 N–H and O–H groups in total. The first kappa shape index (κ1) is 14.1. The number of nitrogens with one attached hydrogen (secondary N) is 1. The summed E-state index contributed by atoms with van der Waals surface area (Å²) in [5.41, 5.74) is 0.536. The highest BCUT2D eigenvalue weighted by Crippen LogP contribution is 2.28. The zero-order chi connectivity index (χ0) is 14.0. The molecule has 0 aromatic heterocycles. The number of benzene rings is 1. The van der Waals surface area contributed by atoms with Crippen molar-refractivity contribution in [3.05, 3.63) is 27.7 Å². The van der Waals surface area contributed by atoms with Crippen molar-refractivity contribution < 1.29 is 14.7 Å². The van der Waals surface area contributed by atoms with Crippen molar-refractivity contribution in [1.82, 2.24) is 4.90 Å². The molecule has 1 fully saturated rings. The molecule has 1 aliphatic rings. The summed E-state index contributed by atoms with van der Waals surface area (Å²) in [6.07, 6.45) is 1.70. The molecule has 0 saturated heterocycles. The van der Waals surface area contributed by atoms with Crippen LogP contribution in [-0.4, -0.2) is 34.6 Å². The molecule has 0 bridgehead atoms. The Morgan fingerprint density at radius 1 is 1.47 bits per heavy atom. The summed E-state index contributed by atoms with van der Waals surface area (Å²) in [7, 11) is 0. The van der Waals surface area contributed by atoms with Crippen LogP contribution in [0.3, 0.4) is 0 Å². The molecule has 0 unspecified atom stereocenters. The lowest BCUT2D eigenvalue weighted by Gasteiger charge is -2.20. The van der Waals surface area contributed by atoms with E-state index in [-0.39, 0.29) is 12.6 Å². The van der Waals surface area contributed by atoms with Gasteiger partial charge >= 0.3 is 12.0 Å². The van der Waals surface area contributed by atoms with E-state index in [0.29, 0.717) is 10.7 Å². The number of rotatable bonds is 4. The van der Waals surface area contributed by atoms with E-state index >= 15 is 0 Å². The van der Waals surface area contributed by atoms with E-state index in [9.17, 15) is 9.59 Å². The number of aliphatic carboxylic acids is 1. The van der Waals surface area contributed by atoms with Gasteiger partial charge in [0.15, 0.2) is 0 Å². The Hall–Kier alpha value is -1.27. The second-order valence-electron chi connectivity index (χ2n) is 4.31. The summed E-state index contributed by atoms with van der Waals surface area (Å²) in [6.45, 7) is -0.291. The lowest BCUT2D eigenvalue weighted by atomic mass is 10.3. The lowest BCUT2D eigenvalue weighted by Crippen LogP contribution is -2.40. The first-order chi connectivity index (χ1) is 8.97. The van der Waals surface area contributed by atoms with Crippen molar-refractivity contribution in [3.63, 3.8) is 0 Å². The molecule has 0 aliphatic heterocycles. The molecule has 0 atom stereocenters. The summed E-state index contributed by atoms with van der Waals surface area (Å²) >= 11 is 9.19. The third-order valence-corrected chi connectivity index (χ3v) is 3.96. The third-order valence-electron chi connectivity index (χ3n) is 2.72. The maximum atomic E-state index is 12.0. The maximum absolute atomic E-state index is 12.0. The SMILES string of the molecule is O=C(O)CN(C(=O)Nc1ccc(Br)c(Cl)c1)C1CC1. The normalized spacial score (nSPS) is 14.0. The van der Waals surface area contributed by atoms with Gasteiger partial charge in [0.1, 0.15) is 6.54 Å². The van der Waals surface area contributed by atoms with E-state index < -0.39 is 12.0 Å². The number of hydrogen-bond donors (Lipinski definition) is 2. The average Bonchev–Trinajstić information content (AvgIpc) is 3.14. The van der Waals surface area contributed by atoms with E-state index in [4.69, 9.17) is 16.7 Å². The molecule has 102 valence electrons. The summed E-state index contributed by atoms with van der Waals surface area (Å²) in [5.74, 6) is -1.02. The molecule has 2 rings (SSSR count). The van der Waals surface area contributed by atoms with Crippen LogP contribution in [0.4, 0.5) is 10.5 Å². The molecule has 19 heavy (non-hydrogen) atoms. The molecular weight excluding hydrogens is 336 g/mol. The van der Waals surface area contributed by atoms with Crippen molar-refractivity contribution in [3.8, 4) is 0 Å². The predicted octanol–water partition coefficient (Wildman–Crippen LogP) is 3.18. The van der Waals surface area contributed by atoms with Crippen LogP contribution in [0, 0.1) is 0 Å². The van der Waals surface area contributed by atoms with Gasteiger partial charge in [0.25, 0.3) is 0 Å². The molecule has 1 aromatic rings. The largest absolute Gasteiger partial charge is 0.480 e. The summed E-state index contributed by atoms with van der Waals surface area (Å²) < 4.78 is 0.733. The van der Waals surface area contributed by atoms with Crippen molar-refractivity contribution in [2.75, 3.05) is 11.9 Å². The van der Waals surface area contributed by atoms with E-state index in [1.54, 1.807) is 18.2 Å². The number of amides is 2. The second kappa shape index (κ2) is 5.79. The number of carboxylic acid groups (broad SMARTS) is 1. The van der Waals surface area contributed by atoms with Gasteiger partial charge in [-0.1, -0.05) is 11.6 Å². The molecule has 1 saturated carbocycles. The van der Waals surface area contributed by atoms with Gasteiger partial charge in [0, 0.05) is 16.2 Å². The minimum atomic E-state index is -1.02. The van der Waals surface area contributed by atoms with Crippen molar-refractivity contribution in [1.29, 1.82) is 0 Å². The Kier molecular flexibility index (Phi) is 4.31. The first-order valence-electron chi connectivity index (χ1n) is 5.72. The summed E-state index contributed by atoms with van der Waals surface area (Å²) in [4.78, 5) is 24.1. The van der Waals surface area contributed by atoms with Gasteiger partial charge in [-0.05, 0) is 47.0 Å². The Bertz CT molecular complexity index is 520. The van der Waals surface area contributed by atoms with Gasteiger partial charge in [-0.25, -0.2) is 4.79 Å². The van der Waals surface area contributed by atoms with E-state index in [2.05, 4.69) is 21.2 Å². The summed E-state index contributed by atoms with van der Waals surface area (Å²) in [5, 5.41) is 11.9. The Morgan fingerprint density at radius 2 is 2.16 bits per heavy atom. The molecule has 1 aliphatic carbocycles. The van der Waals surface area contributed by atoms with Gasteiger partial charge in [-0.15, -0.1) is 0 Å². The van der Waals surface area contributed by atoms with Crippen LogP contribution in [0.1, 0.15) is 12.8 Å². The van der Waals surface area contributed by atoms with E-state index in [0.717, 1.165) is 17.3 Å². The number of carboxylic acids is 1. The molecule has 0 radical (unpaired) electrons. The number of hydrogen-bond acceptors (Lipinski definition) is 2. The molecule has 5 nitrogen and oxygen atoms in total. The fourth-order valence-electron chi connectivity index (χ4n) is 1.67. The van der Waals surface area contributed by atoms with Gasteiger partial charge in [0.05, 0.1) is 5.02 Å². The fourth-order valence-corrected chi connectivity index (χ4v) is 2.09. The second-order valence-corrected chi connectivity index (χ2v) is 5.57. The summed E-state index contributed by atoms with van der Waals surface area (Å²) in [6, 6.07) is 4.64. The van der Waals surface area contributed by atoms with Crippen LogP contribution < -0.4 is 5.32 Å². The molecule has 1 aromatic carbocycles. The van der Waals surface area contributed by atoms with Gasteiger partial charge in [-0.3, -0.25) is 4.79 Å². The van der Waals surface area contributed by atoms with Crippen LogP contribution >= 0.6 is 27.5 Å². The van der Waals surface area contributed by atoms with Crippen molar-refractivity contribution in [2.24, 2.45) is 0 Å². The van der Waals surface area contributed by atoms with Crippen LogP contribution in [0.5, 0.6) is 0 Å². The standard InChI is InChI=1S/C12H12BrClN2O3/c13-9-4-1-7(5-10(9)14)15-12(19)16(6-11(17)18)8-2-3-8/h1,4-5,8H,2-3,6H2,(H,15,19)(H,17,18). The van der Waals surface area contributed by atoms with E-state index in [1.165, 1.54) is 4.90 Å². The third kappa shape index (κ3) is 3.84. The highest BCUT2D eigenvalue weighted by atomic mass is 79.9. The minimum Gasteiger partial charge on any atom is -0.480 e. The molecule has 0 heterocycles. The Labute approximate surface area is 123 Å². The smallest absolute Gasteiger partial charge is 0.323 e. The van der Waals surface area contributed by atoms with Crippen molar-refractivity contribution in [2.45, 2.75) is 18.9 Å².